The van der Waals surface area contributed by atoms with Crippen molar-refractivity contribution in [2.45, 2.75) is 37.4 Å². The van der Waals surface area contributed by atoms with Crippen molar-refractivity contribution >= 4 is 28.8 Å². The summed E-state index contributed by atoms with van der Waals surface area (Å²) in [7, 11) is 0. The minimum atomic E-state index is 0.0255. The first-order chi connectivity index (χ1) is 10.7. The molecule has 4 rings (SSSR count). The van der Waals surface area contributed by atoms with Gasteiger partial charge in [0, 0.05) is 34.8 Å². The first kappa shape index (κ1) is 14.2. The molecule has 6 heteroatoms. The molecule has 1 amide bonds. The Morgan fingerprint density at radius 2 is 2.23 bits per heavy atom. The van der Waals surface area contributed by atoms with Gasteiger partial charge in [-0.25, -0.2) is 4.98 Å². The Balaban J connectivity index is 1.46. The number of thiophene rings is 1. The normalized spacial score (nSPS) is 26.3. The SMILES string of the molecule is O=C(N[C@H]1C[C@@H]2CC[C@@H]1N2)c1ccc(-c2ccc(Cl)nc2)s1. The van der Waals surface area contributed by atoms with Gasteiger partial charge in [0.25, 0.3) is 5.91 Å². The molecule has 0 unspecified atom stereocenters. The number of hydrogen-bond donors (Lipinski definition) is 2. The number of nitrogens with one attached hydrogen (secondary N) is 2. The van der Waals surface area contributed by atoms with Crippen molar-refractivity contribution in [2.75, 3.05) is 0 Å². The summed E-state index contributed by atoms with van der Waals surface area (Å²) in [6.45, 7) is 0. The summed E-state index contributed by atoms with van der Waals surface area (Å²) < 4.78 is 0. The quantitative estimate of drug-likeness (QED) is 0.849. The lowest BCUT2D eigenvalue weighted by atomic mass is 9.95. The van der Waals surface area contributed by atoms with Crippen molar-refractivity contribution in [1.82, 2.24) is 15.6 Å². The highest BCUT2D eigenvalue weighted by Crippen LogP contribution is 2.30. The van der Waals surface area contributed by atoms with Crippen molar-refractivity contribution in [3.05, 3.63) is 40.5 Å². The molecule has 0 aromatic carbocycles. The summed E-state index contributed by atoms with van der Waals surface area (Å²) in [5.74, 6) is 0.0255. The number of nitrogens with zero attached hydrogens (tertiary/aromatic N) is 1. The molecule has 4 nitrogen and oxygen atoms in total. The second-order valence-electron chi connectivity index (χ2n) is 5.90. The van der Waals surface area contributed by atoms with Gasteiger partial charge in [-0.3, -0.25) is 4.79 Å². The van der Waals surface area contributed by atoms with Crippen molar-refractivity contribution in [3.63, 3.8) is 0 Å². The molecule has 2 aromatic rings. The first-order valence-electron chi connectivity index (χ1n) is 7.48. The minimum Gasteiger partial charge on any atom is -0.347 e. The second kappa shape index (κ2) is 5.65. The standard InChI is InChI=1S/C16H16ClN3OS/c17-15-6-1-9(8-18-15)13-4-5-14(22-13)16(21)20-12-7-10-2-3-11(12)19-10/h1,4-6,8,10-12,19H,2-3,7H2,(H,20,21)/t10-,11-,12-/m0/s1. The lowest BCUT2D eigenvalue weighted by Crippen LogP contribution is -2.42. The van der Waals surface area contributed by atoms with E-state index in [2.05, 4.69) is 15.6 Å². The molecule has 22 heavy (non-hydrogen) atoms. The van der Waals surface area contributed by atoms with Crippen LogP contribution in [-0.4, -0.2) is 29.0 Å². The van der Waals surface area contributed by atoms with Gasteiger partial charge in [-0.15, -0.1) is 11.3 Å². The van der Waals surface area contributed by atoms with E-state index >= 15 is 0 Å². The summed E-state index contributed by atoms with van der Waals surface area (Å²) in [6.07, 6.45) is 5.19. The van der Waals surface area contributed by atoms with Gasteiger partial charge in [-0.1, -0.05) is 11.6 Å². The Labute approximate surface area is 137 Å². The highest BCUT2D eigenvalue weighted by molar-refractivity contribution is 7.17. The topological polar surface area (TPSA) is 54.0 Å². The first-order valence-corrected chi connectivity index (χ1v) is 8.67. The Morgan fingerprint density at radius 1 is 1.32 bits per heavy atom. The maximum Gasteiger partial charge on any atom is 0.261 e. The molecule has 4 heterocycles. The van der Waals surface area contributed by atoms with E-state index < -0.39 is 0 Å². The number of amides is 1. The van der Waals surface area contributed by atoms with Crippen molar-refractivity contribution < 1.29 is 4.79 Å². The third-order valence-electron chi connectivity index (χ3n) is 4.46. The van der Waals surface area contributed by atoms with Crippen molar-refractivity contribution in [3.8, 4) is 10.4 Å². The van der Waals surface area contributed by atoms with Gasteiger partial charge in [0.15, 0.2) is 0 Å². The molecule has 2 N–H and O–H groups in total. The molecule has 2 fully saturated rings. The van der Waals surface area contributed by atoms with Crippen LogP contribution in [0.3, 0.4) is 0 Å². The molecular formula is C16H16ClN3OS. The van der Waals surface area contributed by atoms with Gasteiger partial charge < -0.3 is 10.6 Å². The molecule has 0 radical (unpaired) electrons. The Bertz CT molecular complexity index is 700. The molecule has 2 bridgehead atoms. The summed E-state index contributed by atoms with van der Waals surface area (Å²) in [4.78, 5) is 18.3. The maximum absolute atomic E-state index is 12.4. The molecule has 2 aliphatic rings. The third-order valence-corrected chi connectivity index (χ3v) is 5.81. The highest BCUT2D eigenvalue weighted by Gasteiger charge is 2.39. The fraction of sp³-hybridized carbons (Fsp3) is 0.375. The Morgan fingerprint density at radius 3 is 2.91 bits per heavy atom. The maximum atomic E-state index is 12.4. The number of pyridine rings is 1. The van der Waals surface area contributed by atoms with Crippen LogP contribution < -0.4 is 10.6 Å². The van der Waals surface area contributed by atoms with E-state index in [4.69, 9.17) is 11.6 Å². The van der Waals surface area contributed by atoms with Gasteiger partial charge in [0.05, 0.1) is 4.88 Å². The summed E-state index contributed by atoms with van der Waals surface area (Å²) in [5.41, 5.74) is 0.982. The largest absolute Gasteiger partial charge is 0.347 e. The predicted octanol–water partition coefficient (Wildman–Crippen LogP) is 3.09. The number of carbonyl (C=O) groups is 1. The number of carbonyl (C=O) groups excluding carboxylic acids is 1. The number of hydrogen-bond acceptors (Lipinski definition) is 4. The van der Waals surface area contributed by atoms with E-state index in [9.17, 15) is 4.79 Å². The molecule has 0 aliphatic carbocycles. The van der Waals surface area contributed by atoms with Gasteiger partial charge in [0.1, 0.15) is 5.15 Å². The minimum absolute atomic E-state index is 0.0255. The van der Waals surface area contributed by atoms with Crippen LogP contribution in [0.1, 0.15) is 28.9 Å². The zero-order valence-electron chi connectivity index (χ0n) is 11.9. The van der Waals surface area contributed by atoms with Crippen LogP contribution in [0, 0.1) is 0 Å². The van der Waals surface area contributed by atoms with E-state index in [1.807, 2.05) is 18.2 Å². The highest BCUT2D eigenvalue weighted by atomic mass is 35.5. The number of halogens is 1. The van der Waals surface area contributed by atoms with Crippen molar-refractivity contribution in [1.29, 1.82) is 0 Å². The molecule has 0 saturated carbocycles. The third kappa shape index (κ3) is 2.64. The van der Waals surface area contributed by atoms with Gasteiger partial charge in [0.2, 0.25) is 0 Å². The van der Waals surface area contributed by atoms with E-state index in [1.165, 1.54) is 24.2 Å². The Hall–Kier alpha value is -1.43. The van der Waals surface area contributed by atoms with Gasteiger partial charge >= 0.3 is 0 Å². The number of fused-ring (bicyclic) bond motifs is 2. The van der Waals surface area contributed by atoms with Gasteiger partial charge in [-0.2, -0.15) is 0 Å². The fourth-order valence-corrected chi connectivity index (χ4v) is 4.37. The molecule has 2 aliphatic heterocycles. The monoisotopic (exact) mass is 333 g/mol. The van der Waals surface area contributed by atoms with E-state index in [-0.39, 0.29) is 11.9 Å². The zero-order chi connectivity index (χ0) is 15.1. The van der Waals surface area contributed by atoms with Crippen LogP contribution in [0.2, 0.25) is 5.15 Å². The number of aromatic nitrogens is 1. The number of rotatable bonds is 3. The zero-order valence-corrected chi connectivity index (χ0v) is 13.5. The summed E-state index contributed by atoms with van der Waals surface area (Å²) in [6, 6.07) is 8.84. The van der Waals surface area contributed by atoms with Crippen LogP contribution in [0.5, 0.6) is 0 Å². The average molecular weight is 334 g/mol. The lowest BCUT2D eigenvalue weighted by Gasteiger charge is -2.20. The summed E-state index contributed by atoms with van der Waals surface area (Å²) >= 11 is 7.29. The van der Waals surface area contributed by atoms with Crippen LogP contribution in [0.25, 0.3) is 10.4 Å². The van der Waals surface area contributed by atoms with Crippen LogP contribution in [0.4, 0.5) is 0 Å². The molecule has 3 atom stereocenters. The molecule has 2 saturated heterocycles. The lowest BCUT2D eigenvalue weighted by molar-refractivity contribution is 0.0935. The van der Waals surface area contributed by atoms with E-state index in [1.54, 1.807) is 12.3 Å². The molecule has 2 aromatic heterocycles. The van der Waals surface area contributed by atoms with Crippen molar-refractivity contribution in [2.24, 2.45) is 0 Å². The Kier molecular flexibility index (Phi) is 3.64. The second-order valence-corrected chi connectivity index (χ2v) is 7.37. The predicted molar refractivity (Wildman–Crippen MR) is 88.4 cm³/mol. The van der Waals surface area contributed by atoms with E-state index in [0.717, 1.165) is 21.7 Å². The smallest absolute Gasteiger partial charge is 0.261 e. The molecular weight excluding hydrogens is 318 g/mol. The van der Waals surface area contributed by atoms with Crippen LogP contribution in [-0.2, 0) is 0 Å². The average Bonchev–Trinajstić information content (AvgIpc) is 3.24. The fourth-order valence-electron chi connectivity index (χ4n) is 3.36. The van der Waals surface area contributed by atoms with Crippen LogP contribution >= 0.6 is 22.9 Å². The molecule has 114 valence electrons. The summed E-state index contributed by atoms with van der Waals surface area (Å²) in [5, 5.41) is 7.19. The van der Waals surface area contributed by atoms with E-state index in [0.29, 0.717) is 17.2 Å². The van der Waals surface area contributed by atoms with Crippen LogP contribution in [0.15, 0.2) is 30.5 Å². The molecule has 0 spiro atoms. The van der Waals surface area contributed by atoms with Gasteiger partial charge in [-0.05, 0) is 43.5 Å².